The minimum absolute atomic E-state index is 0.0979. The molecule has 0 unspecified atom stereocenters. The van der Waals surface area contributed by atoms with Crippen LogP contribution in [0.25, 0.3) is 0 Å². The van der Waals surface area contributed by atoms with Crippen LogP contribution >= 0.6 is 11.8 Å². The molecule has 0 aliphatic heterocycles. The zero-order valence-corrected chi connectivity index (χ0v) is 14.1. The summed E-state index contributed by atoms with van der Waals surface area (Å²) in [5.41, 5.74) is 0. The Kier molecular flexibility index (Phi) is 11.5. The molecular weight excluding hydrogens is 256 g/mol. The van der Waals surface area contributed by atoms with Gasteiger partial charge in [-0.1, -0.05) is 65.7 Å². The summed E-state index contributed by atoms with van der Waals surface area (Å²) in [4.78, 5) is 11.0. The van der Waals surface area contributed by atoms with E-state index in [2.05, 4.69) is 25.5 Å². The van der Waals surface area contributed by atoms with Gasteiger partial charge in [-0.15, -0.1) is 0 Å². The Morgan fingerprint density at radius 1 is 1.05 bits per heavy atom. The lowest BCUT2D eigenvalue weighted by molar-refractivity contribution is -0.140. The number of methoxy groups -OCH3 is 1. The quantitative estimate of drug-likeness (QED) is 0.364. The maximum atomic E-state index is 11.0. The van der Waals surface area contributed by atoms with Crippen LogP contribution in [0.15, 0.2) is 0 Å². The van der Waals surface area contributed by atoms with Crippen molar-refractivity contribution in [1.82, 2.24) is 0 Å². The van der Waals surface area contributed by atoms with Gasteiger partial charge in [-0.3, -0.25) is 4.79 Å². The molecule has 0 saturated carbocycles. The van der Waals surface area contributed by atoms with Crippen LogP contribution in [-0.2, 0) is 9.53 Å². The first-order valence-corrected chi connectivity index (χ1v) is 8.71. The average Bonchev–Trinajstić information content (AvgIpc) is 2.37. The number of ether oxygens (including phenoxy) is 1. The van der Waals surface area contributed by atoms with Gasteiger partial charge in [-0.05, 0) is 6.42 Å². The van der Waals surface area contributed by atoms with Crippen LogP contribution in [-0.4, -0.2) is 23.6 Å². The molecule has 0 rings (SSSR count). The zero-order valence-electron chi connectivity index (χ0n) is 13.3. The first-order valence-electron chi connectivity index (χ1n) is 7.72. The van der Waals surface area contributed by atoms with Crippen molar-refractivity contribution in [3.05, 3.63) is 0 Å². The Labute approximate surface area is 124 Å². The molecule has 0 aromatic rings. The van der Waals surface area contributed by atoms with Crippen LogP contribution in [0.4, 0.5) is 0 Å². The van der Waals surface area contributed by atoms with Crippen molar-refractivity contribution in [2.24, 2.45) is 0 Å². The Morgan fingerprint density at radius 2 is 1.63 bits per heavy atom. The second-order valence-electron chi connectivity index (χ2n) is 5.81. The second-order valence-corrected chi connectivity index (χ2v) is 7.61. The first kappa shape index (κ1) is 18.8. The number of hydrogen-bond acceptors (Lipinski definition) is 3. The molecule has 0 fully saturated rings. The van der Waals surface area contributed by atoms with Gasteiger partial charge in [0.05, 0.1) is 13.5 Å². The Bertz CT molecular complexity index is 227. The van der Waals surface area contributed by atoms with Gasteiger partial charge in [0, 0.05) is 10.5 Å². The van der Waals surface area contributed by atoms with E-state index in [1.807, 2.05) is 11.8 Å². The minimum atomic E-state index is -0.0979. The minimum Gasteiger partial charge on any atom is -0.469 e. The number of hydrogen-bond donors (Lipinski definition) is 0. The maximum Gasteiger partial charge on any atom is 0.306 e. The molecule has 3 heteroatoms. The predicted octanol–water partition coefficient (Wildman–Crippen LogP) is 5.20. The van der Waals surface area contributed by atoms with Crippen LogP contribution < -0.4 is 0 Å². The van der Waals surface area contributed by atoms with E-state index in [-0.39, 0.29) is 10.7 Å². The highest BCUT2D eigenvalue weighted by Gasteiger charge is 2.18. The maximum absolute atomic E-state index is 11.0. The van der Waals surface area contributed by atoms with Crippen LogP contribution in [0.1, 0.15) is 78.6 Å². The van der Waals surface area contributed by atoms with E-state index >= 15 is 0 Å². The highest BCUT2D eigenvalue weighted by Crippen LogP contribution is 2.30. The summed E-state index contributed by atoms with van der Waals surface area (Å²) in [6, 6.07) is 0. The van der Waals surface area contributed by atoms with Gasteiger partial charge in [0.15, 0.2) is 0 Å². The topological polar surface area (TPSA) is 26.3 Å². The second kappa shape index (κ2) is 11.6. The van der Waals surface area contributed by atoms with Gasteiger partial charge < -0.3 is 4.74 Å². The molecule has 0 N–H and O–H groups in total. The van der Waals surface area contributed by atoms with Crippen molar-refractivity contribution in [3.8, 4) is 0 Å². The van der Waals surface area contributed by atoms with E-state index in [4.69, 9.17) is 0 Å². The Morgan fingerprint density at radius 3 is 2.21 bits per heavy atom. The van der Waals surface area contributed by atoms with Crippen molar-refractivity contribution >= 4 is 17.7 Å². The van der Waals surface area contributed by atoms with Gasteiger partial charge in [0.2, 0.25) is 0 Å². The van der Waals surface area contributed by atoms with E-state index in [9.17, 15) is 4.79 Å². The van der Waals surface area contributed by atoms with Gasteiger partial charge in [0.25, 0.3) is 0 Å². The Hall–Kier alpha value is -0.180. The molecule has 2 nitrogen and oxygen atoms in total. The summed E-state index contributed by atoms with van der Waals surface area (Å²) < 4.78 is 4.95. The van der Waals surface area contributed by atoms with Gasteiger partial charge in [-0.2, -0.15) is 11.8 Å². The fourth-order valence-corrected chi connectivity index (χ4v) is 3.20. The number of carbonyl (C=O) groups is 1. The lowest BCUT2D eigenvalue weighted by Gasteiger charge is -2.23. The van der Waals surface area contributed by atoms with Crippen molar-refractivity contribution < 1.29 is 9.53 Å². The monoisotopic (exact) mass is 288 g/mol. The number of thioether (sulfide) groups is 1. The van der Waals surface area contributed by atoms with E-state index in [0.717, 1.165) is 5.75 Å². The van der Waals surface area contributed by atoms with Crippen molar-refractivity contribution in [1.29, 1.82) is 0 Å². The van der Waals surface area contributed by atoms with Crippen molar-refractivity contribution in [2.75, 3.05) is 12.9 Å². The summed E-state index contributed by atoms with van der Waals surface area (Å²) in [6.07, 6.45) is 11.3. The fraction of sp³-hybridized carbons (Fsp3) is 0.938. The molecule has 0 spiro atoms. The third kappa shape index (κ3) is 12.6. The smallest absolute Gasteiger partial charge is 0.306 e. The lowest BCUT2D eigenvalue weighted by Crippen LogP contribution is -2.16. The summed E-state index contributed by atoms with van der Waals surface area (Å²) in [6.45, 7) is 6.83. The fourth-order valence-electron chi connectivity index (χ4n) is 2.09. The molecule has 0 aromatic heterocycles. The van der Waals surface area contributed by atoms with E-state index in [1.54, 1.807) is 0 Å². The number of unbranched alkanes of at least 4 members (excludes halogenated alkanes) is 6. The van der Waals surface area contributed by atoms with E-state index in [0.29, 0.717) is 6.42 Å². The third-order valence-electron chi connectivity index (χ3n) is 3.41. The molecule has 0 amide bonds. The molecule has 19 heavy (non-hydrogen) atoms. The molecule has 0 radical (unpaired) electrons. The van der Waals surface area contributed by atoms with Crippen LogP contribution in [0.3, 0.4) is 0 Å². The molecule has 0 aliphatic rings. The van der Waals surface area contributed by atoms with Gasteiger partial charge >= 0.3 is 5.97 Å². The number of carbonyl (C=O) groups excluding carboxylic acids is 1. The van der Waals surface area contributed by atoms with Crippen LogP contribution in [0.5, 0.6) is 0 Å². The average molecular weight is 288 g/mol. The predicted molar refractivity (Wildman–Crippen MR) is 85.8 cm³/mol. The van der Waals surface area contributed by atoms with Crippen LogP contribution in [0, 0.1) is 0 Å². The van der Waals surface area contributed by atoms with E-state index < -0.39 is 0 Å². The Balaban J connectivity index is 3.48. The third-order valence-corrected chi connectivity index (χ3v) is 4.80. The molecule has 0 saturated heterocycles. The zero-order chi connectivity index (χ0) is 14.6. The SMILES string of the molecule is CCCCCCCCCC(C)(C)SCCC(=O)OC. The van der Waals surface area contributed by atoms with Gasteiger partial charge in [0.1, 0.15) is 0 Å². The standard InChI is InChI=1S/C16H32O2S/c1-5-6-7-8-9-10-11-13-16(2,3)19-14-12-15(17)18-4/h5-14H2,1-4H3. The molecule has 0 heterocycles. The molecule has 0 atom stereocenters. The first-order chi connectivity index (χ1) is 9.02. The molecule has 0 aliphatic carbocycles. The van der Waals surface area contributed by atoms with Crippen molar-refractivity contribution in [3.63, 3.8) is 0 Å². The highest BCUT2D eigenvalue weighted by atomic mass is 32.2. The molecule has 0 bridgehead atoms. The number of esters is 1. The largest absolute Gasteiger partial charge is 0.469 e. The molecule has 114 valence electrons. The summed E-state index contributed by atoms with van der Waals surface area (Å²) in [7, 11) is 1.46. The molecule has 0 aromatic carbocycles. The summed E-state index contributed by atoms with van der Waals surface area (Å²) >= 11 is 1.89. The lowest BCUT2D eigenvalue weighted by atomic mass is 10.0. The normalized spacial score (nSPS) is 11.6. The summed E-state index contributed by atoms with van der Waals surface area (Å²) in [5, 5.41) is 0. The summed E-state index contributed by atoms with van der Waals surface area (Å²) in [5.74, 6) is 0.773. The highest BCUT2D eigenvalue weighted by molar-refractivity contribution is 8.00. The van der Waals surface area contributed by atoms with Gasteiger partial charge in [-0.25, -0.2) is 0 Å². The van der Waals surface area contributed by atoms with Crippen LogP contribution in [0.2, 0.25) is 0 Å². The number of rotatable bonds is 12. The molecular formula is C16H32O2S. The van der Waals surface area contributed by atoms with E-state index in [1.165, 1.54) is 58.5 Å². The van der Waals surface area contributed by atoms with Crippen molar-refractivity contribution in [2.45, 2.75) is 83.3 Å².